The summed E-state index contributed by atoms with van der Waals surface area (Å²) in [6.07, 6.45) is 3.83. The van der Waals surface area contributed by atoms with Crippen LogP contribution in [0.25, 0.3) is 0 Å². The van der Waals surface area contributed by atoms with Crippen LogP contribution in [0.5, 0.6) is 0 Å². The van der Waals surface area contributed by atoms with Crippen molar-refractivity contribution in [1.29, 1.82) is 0 Å². The summed E-state index contributed by atoms with van der Waals surface area (Å²) < 4.78 is 0. The van der Waals surface area contributed by atoms with Crippen LogP contribution in [0.1, 0.15) is 30.9 Å². The topological polar surface area (TPSA) is 53.9 Å². The molecule has 1 aromatic carbocycles. The highest BCUT2D eigenvalue weighted by atomic mass is 35.5. The first kappa shape index (κ1) is 16.5. The Hall–Kier alpha value is -1.88. The Kier molecular flexibility index (Phi) is 5.55. The maximum Gasteiger partial charge on any atom is 0.247 e. The van der Waals surface area contributed by atoms with E-state index in [-0.39, 0.29) is 0 Å². The lowest BCUT2D eigenvalue weighted by Gasteiger charge is -2.17. The number of hydrogen-bond acceptors (Lipinski definition) is 5. The predicted molar refractivity (Wildman–Crippen MR) is 92.2 cm³/mol. The van der Waals surface area contributed by atoms with Crippen molar-refractivity contribution < 1.29 is 0 Å². The number of hydrogen-bond donors (Lipinski definition) is 1. The van der Waals surface area contributed by atoms with Crippen LogP contribution in [-0.4, -0.2) is 28.8 Å². The van der Waals surface area contributed by atoms with Crippen LogP contribution < -0.4 is 10.2 Å². The average Bonchev–Trinajstić information content (AvgIpc) is 2.48. The number of halogens is 1. The first-order valence-electron chi connectivity index (χ1n) is 7.46. The summed E-state index contributed by atoms with van der Waals surface area (Å²) in [6, 6.07) is 4.01. The molecule has 0 fully saturated rings. The normalized spacial score (nSPS) is 10.6. The van der Waals surface area contributed by atoms with E-state index in [9.17, 15) is 0 Å². The van der Waals surface area contributed by atoms with Crippen LogP contribution in [-0.2, 0) is 0 Å². The Bertz CT molecular complexity index is 621. The largest absolute Gasteiger partial charge is 0.343 e. The minimum atomic E-state index is 0.610. The molecule has 2 aromatic rings. The Morgan fingerprint density at radius 3 is 2.73 bits per heavy atom. The second kappa shape index (κ2) is 7.40. The van der Waals surface area contributed by atoms with E-state index >= 15 is 0 Å². The van der Waals surface area contributed by atoms with Gasteiger partial charge < -0.3 is 10.2 Å². The van der Waals surface area contributed by atoms with Gasteiger partial charge in [0.1, 0.15) is 0 Å². The summed E-state index contributed by atoms with van der Waals surface area (Å²) >= 11 is 6.32. The van der Waals surface area contributed by atoms with Crippen molar-refractivity contribution in [2.45, 2.75) is 33.6 Å². The molecule has 0 saturated heterocycles. The van der Waals surface area contributed by atoms with E-state index in [1.807, 2.05) is 31.9 Å². The molecule has 0 saturated carbocycles. The van der Waals surface area contributed by atoms with Gasteiger partial charge in [-0.3, -0.25) is 0 Å². The summed E-state index contributed by atoms with van der Waals surface area (Å²) in [6.45, 7) is 7.11. The van der Waals surface area contributed by atoms with Crippen molar-refractivity contribution in [3.8, 4) is 0 Å². The standard InChI is InChI=1S/C16H22ClN5/c1-5-6-7-22(4)16-20-14(10-18-21-16)19-15-12(3)8-11(2)9-13(15)17/h8-10H,5-7H2,1-4H3,(H,19,20,21). The molecule has 0 radical (unpaired) electrons. The van der Waals surface area contributed by atoms with Crippen molar-refractivity contribution in [2.75, 3.05) is 23.8 Å². The van der Waals surface area contributed by atoms with E-state index in [1.54, 1.807) is 6.20 Å². The maximum atomic E-state index is 6.32. The number of unbranched alkanes of at least 4 members (excludes halogenated alkanes) is 1. The van der Waals surface area contributed by atoms with Gasteiger partial charge in [0.15, 0.2) is 5.82 Å². The van der Waals surface area contributed by atoms with E-state index in [2.05, 4.69) is 33.5 Å². The average molecular weight is 320 g/mol. The fourth-order valence-electron chi connectivity index (χ4n) is 2.21. The summed E-state index contributed by atoms with van der Waals surface area (Å²) in [5.41, 5.74) is 3.06. The number of nitrogens with one attached hydrogen (secondary N) is 1. The number of aryl methyl sites for hydroxylation is 2. The Balaban J connectivity index is 2.21. The van der Waals surface area contributed by atoms with Crippen LogP contribution in [0.15, 0.2) is 18.3 Å². The fraction of sp³-hybridized carbons (Fsp3) is 0.438. The van der Waals surface area contributed by atoms with Crippen molar-refractivity contribution in [2.24, 2.45) is 0 Å². The van der Waals surface area contributed by atoms with Gasteiger partial charge in [-0.15, -0.1) is 5.10 Å². The molecule has 0 aliphatic carbocycles. The van der Waals surface area contributed by atoms with Crippen molar-refractivity contribution >= 4 is 29.1 Å². The second-order valence-corrected chi connectivity index (χ2v) is 5.89. The van der Waals surface area contributed by atoms with Gasteiger partial charge in [-0.05, 0) is 37.5 Å². The molecule has 2 rings (SSSR count). The van der Waals surface area contributed by atoms with Crippen LogP contribution >= 0.6 is 11.6 Å². The van der Waals surface area contributed by atoms with E-state index in [0.29, 0.717) is 16.8 Å². The van der Waals surface area contributed by atoms with Crippen LogP contribution in [0.3, 0.4) is 0 Å². The monoisotopic (exact) mass is 319 g/mol. The lowest BCUT2D eigenvalue weighted by Crippen LogP contribution is -2.21. The van der Waals surface area contributed by atoms with E-state index < -0.39 is 0 Å². The molecule has 6 heteroatoms. The fourth-order valence-corrected chi connectivity index (χ4v) is 2.58. The molecular weight excluding hydrogens is 298 g/mol. The van der Waals surface area contributed by atoms with Gasteiger partial charge in [-0.1, -0.05) is 31.0 Å². The second-order valence-electron chi connectivity index (χ2n) is 5.48. The molecule has 1 N–H and O–H groups in total. The predicted octanol–water partition coefficient (Wildman–Crippen LogP) is 4.12. The summed E-state index contributed by atoms with van der Waals surface area (Å²) in [5.74, 6) is 1.25. The van der Waals surface area contributed by atoms with Gasteiger partial charge in [0, 0.05) is 13.6 Å². The quantitative estimate of drug-likeness (QED) is 0.868. The SMILES string of the molecule is CCCCN(C)c1nncc(Nc2c(C)cc(C)cc2Cl)n1. The van der Waals surface area contributed by atoms with Gasteiger partial charge in [-0.2, -0.15) is 10.1 Å². The van der Waals surface area contributed by atoms with Gasteiger partial charge in [-0.25, -0.2) is 0 Å². The number of benzene rings is 1. The minimum Gasteiger partial charge on any atom is -0.343 e. The summed E-state index contributed by atoms with van der Waals surface area (Å²) in [4.78, 5) is 6.51. The highest BCUT2D eigenvalue weighted by Crippen LogP contribution is 2.29. The zero-order valence-electron chi connectivity index (χ0n) is 13.5. The molecule has 0 bridgehead atoms. The number of rotatable bonds is 6. The molecule has 22 heavy (non-hydrogen) atoms. The number of nitrogens with zero attached hydrogens (tertiary/aromatic N) is 4. The first-order valence-corrected chi connectivity index (χ1v) is 7.83. The van der Waals surface area contributed by atoms with E-state index in [4.69, 9.17) is 11.6 Å². The third-order valence-electron chi connectivity index (χ3n) is 3.42. The van der Waals surface area contributed by atoms with Gasteiger partial charge in [0.2, 0.25) is 5.95 Å². The summed E-state index contributed by atoms with van der Waals surface area (Å²) in [5, 5.41) is 12.0. The molecule has 1 aromatic heterocycles. The molecule has 0 aliphatic heterocycles. The lowest BCUT2D eigenvalue weighted by molar-refractivity contribution is 0.741. The minimum absolute atomic E-state index is 0.610. The Morgan fingerprint density at radius 2 is 2.05 bits per heavy atom. The van der Waals surface area contributed by atoms with E-state index in [1.165, 1.54) is 0 Å². The number of anilines is 3. The molecule has 5 nitrogen and oxygen atoms in total. The smallest absolute Gasteiger partial charge is 0.247 e. The molecule has 0 spiro atoms. The number of aromatic nitrogens is 3. The lowest BCUT2D eigenvalue weighted by atomic mass is 10.1. The Labute approximate surface area is 136 Å². The third-order valence-corrected chi connectivity index (χ3v) is 3.72. The van der Waals surface area contributed by atoms with Gasteiger partial charge in [0.25, 0.3) is 0 Å². The van der Waals surface area contributed by atoms with Crippen molar-refractivity contribution in [1.82, 2.24) is 15.2 Å². The van der Waals surface area contributed by atoms with Crippen LogP contribution in [0.2, 0.25) is 5.02 Å². The highest BCUT2D eigenvalue weighted by Gasteiger charge is 2.09. The molecule has 0 amide bonds. The van der Waals surface area contributed by atoms with Gasteiger partial charge >= 0.3 is 0 Å². The van der Waals surface area contributed by atoms with Crippen LogP contribution in [0, 0.1) is 13.8 Å². The molecule has 0 aliphatic rings. The highest BCUT2D eigenvalue weighted by molar-refractivity contribution is 6.33. The molecular formula is C16H22ClN5. The molecule has 118 valence electrons. The van der Waals surface area contributed by atoms with Crippen molar-refractivity contribution in [3.63, 3.8) is 0 Å². The van der Waals surface area contributed by atoms with Gasteiger partial charge in [0.05, 0.1) is 16.9 Å². The molecule has 0 atom stereocenters. The Morgan fingerprint density at radius 1 is 1.27 bits per heavy atom. The summed E-state index contributed by atoms with van der Waals surface area (Å²) in [7, 11) is 1.97. The zero-order chi connectivity index (χ0) is 16.1. The van der Waals surface area contributed by atoms with Crippen molar-refractivity contribution in [3.05, 3.63) is 34.5 Å². The molecule has 1 heterocycles. The van der Waals surface area contributed by atoms with E-state index in [0.717, 1.165) is 36.2 Å². The molecule has 0 unspecified atom stereocenters. The zero-order valence-corrected chi connectivity index (χ0v) is 14.3. The first-order chi connectivity index (χ1) is 10.5. The van der Waals surface area contributed by atoms with Crippen LogP contribution in [0.4, 0.5) is 17.5 Å². The third kappa shape index (κ3) is 4.07. The maximum absolute atomic E-state index is 6.32.